The summed E-state index contributed by atoms with van der Waals surface area (Å²) >= 11 is 1.47. The van der Waals surface area contributed by atoms with Crippen molar-refractivity contribution in [1.29, 1.82) is 0 Å². The molecule has 0 atom stereocenters. The average Bonchev–Trinajstić information content (AvgIpc) is 2.71. The number of thioether (sulfide) groups is 1. The van der Waals surface area contributed by atoms with Crippen LogP contribution in [0.25, 0.3) is 11.5 Å². The third-order valence-electron chi connectivity index (χ3n) is 1.70. The van der Waals surface area contributed by atoms with E-state index in [-0.39, 0.29) is 0 Å². The third kappa shape index (κ3) is 1.35. The molecule has 0 saturated carbocycles. The Hall–Kier alpha value is -1.50. The normalized spacial score (nSPS) is 10.7. The predicted octanol–water partition coefficient (Wildman–Crippen LogP) is 1.07. The maximum absolute atomic E-state index is 5.70. The van der Waals surface area contributed by atoms with Gasteiger partial charge in [-0.3, -0.25) is 5.10 Å². The second-order valence-electron chi connectivity index (χ2n) is 2.67. The quantitative estimate of drug-likeness (QED) is 0.722. The maximum atomic E-state index is 5.70. The zero-order chi connectivity index (χ0) is 10.1. The summed E-state index contributed by atoms with van der Waals surface area (Å²) in [6, 6.07) is 0. The molecule has 7 heteroatoms. The second-order valence-corrected chi connectivity index (χ2v) is 3.46. The zero-order valence-electron chi connectivity index (χ0n) is 7.74. The highest BCUT2D eigenvalue weighted by Crippen LogP contribution is 2.31. The van der Waals surface area contributed by atoms with E-state index in [4.69, 9.17) is 10.3 Å². The smallest absolute Gasteiger partial charge is 0.264 e. The molecule has 0 saturated heterocycles. The van der Waals surface area contributed by atoms with Crippen LogP contribution < -0.4 is 5.73 Å². The Balaban J connectivity index is 2.54. The maximum Gasteiger partial charge on any atom is 0.264 e. The number of nitrogen functional groups attached to an aromatic ring is 1. The van der Waals surface area contributed by atoms with Crippen molar-refractivity contribution in [3.05, 3.63) is 5.82 Å². The molecule has 0 aliphatic rings. The Labute approximate surface area is 84.3 Å². The van der Waals surface area contributed by atoms with Gasteiger partial charge in [0.15, 0.2) is 5.82 Å². The van der Waals surface area contributed by atoms with Crippen molar-refractivity contribution in [2.45, 2.75) is 11.9 Å². The summed E-state index contributed by atoms with van der Waals surface area (Å²) in [6.07, 6.45) is 1.91. The van der Waals surface area contributed by atoms with Gasteiger partial charge in [-0.25, -0.2) is 0 Å². The number of aryl methyl sites for hydroxylation is 1. The van der Waals surface area contributed by atoms with Crippen LogP contribution in [0.15, 0.2) is 9.55 Å². The van der Waals surface area contributed by atoms with Gasteiger partial charge in [-0.1, -0.05) is 5.16 Å². The molecule has 0 aliphatic carbocycles. The van der Waals surface area contributed by atoms with Crippen LogP contribution in [0.5, 0.6) is 0 Å². The van der Waals surface area contributed by atoms with Crippen LogP contribution >= 0.6 is 11.8 Å². The number of rotatable bonds is 2. The Morgan fingerprint density at radius 3 is 2.86 bits per heavy atom. The van der Waals surface area contributed by atoms with Gasteiger partial charge in [0.05, 0.1) is 0 Å². The van der Waals surface area contributed by atoms with Gasteiger partial charge in [0.2, 0.25) is 0 Å². The lowest BCUT2D eigenvalue weighted by Crippen LogP contribution is -1.88. The number of aromatic nitrogens is 4. The minimum absolute atomic E-state index is 0.401. The highest BCUT2D eigenvalue weighted by molar-refractivity contribution is 7.98. The van der Waals surface area contributed by atoms with Crippen molar-refractivity contribution in [2.24, 2.45) is 0 Å². The van der Waals surface area contributed by atoms with Gasteiger partial charge in [-0.15, -0.1) is 11.8 Å². The molecule has 0 spiro atoms. The summed E-state index contributed by atoms with van der Waals surface area (Å²) < 4.78 is 5.02. The summed E-state index contributed by atoms with van der Waals surface area (Å²) in [5.74, 6) is 1.42. The second kappa shape index (κ2) is 3.33. The minimum Gasteiger partial charge on any atom is -0.383 e. The van der Waals surface area contributed by atoms with Gasteiger partial charge in [0.1, 0.15) is 16.4 Å². The summed E-state index contributed by atoms with van der Waals surface area (Å²) in [6.45, 7) is 1.75. The van der Waals surface area contributed by atoms with Crippen molar-refractivity contribution in [2.75, 3.05) is 12.0 Å². The van der Waals surface area contributed by atoms with Crippen molar-refractivity contribution in [3.63, 3.8) is 0 Å². The SMILES string of the molecule is CSc1n[nH]c(N)c1-c1nc(C)no1. The molecule has 2 aromatic rings. The average molecular weight is 211 g/mol. The minimum atomic E-state index is 0.401. The largest absolute Gasteiger partial charge is 0.383 e. The van der Waals surface area contributed by atoms with Crippen LogP contribution in [-0.4, -0.2) is 26.6 Å². The third-order valence-corrected chi connectivity index (χ3v) is 2.38. The molecule has 74 valence electrons. The van der Waals surface area contributed by atoms with Crippen molar-refractivity contribution in [3.8, 4) is 11.5 Å². The molecular weight excluding hydrogens is 202 g/mol. The topological polar surface area (TPSA) is 93.6 Å². The summed E-state index contributed by atoms with van der Waals surface area (Å²) in [5, 5.41) is 11.1. The van der Waals surface area contributed by atoms with Gasteiger partial charge in [0, 0.05) is 0 Å². The first-order chi connectivity index (χ1) is 6.72. The van der Waals surface area contributed by atoms with Crippen LogP contribution in [-0.2, 0) is 0 Å². The van der Waals surface area contributed by atoms with E-state index in [9.17, 15) is 0 Å². The molecule has 0 aliphatic heterocycles. The molecule has 0 bridgehead atoms. The van der Waals surface area contributed by atoms with Crippen LogP contribution in [0.4, 0.5) is 5.82 Å². The van der Waals surface area contributed by atoms with Gasteiger partial charge in [-0.2, -0.15) is 10.1 Å². The Morgan fingerprint density at radius 1 is 1.50 bits per heavy atom. The summed E-state index contributed by atoms with van der Waals surface area (Å²) in [7, 11) is 0. The van der Waals surface area contributed by atoms with E-state index in [1.807, 2.05) is 6.26 Å². The number of hydrogen-bond acceptors (Lipinski definition) is 6. The van der Waals surface area contributed by atoms with E-state index >= 15 is 0 Å². The number of nitrogens with two attached hydrogens (primary N) is 1. The van der Waals surface area contributed by atoms with E-state index in [0.717, 1.165) is 5.03 Å². The van der Waals surface area contributed by atoms with E-state index in [0.29, 0.717) is 23.1 Å². The van der Waals surface area contributed by atoms with Crippen molar-refractivity contribution >= 4 is 17.6 Å². The predicted molar refractivity (Wildman–Crippen MR) is 52.8 cm³/mol. The molecule has 2 heterocycles. The van der Waals surface area contributed by atoms with Crippen LogP contribution in [0.1, 0.15) is 5.82 Å². The molecule has 0 fully saturated rings. The molecule has 2 rings (SSSR count). The molecule has 6 nitrogen and oxygen atoms in total. The number of hydrogen-bond donors (Lipinski definition) is 2. The first-order valence-corrected chi connectivity index (χ1v) is 5.13. The van der Waals surface area contributed by atoms with Crippen LogP contribution in [0, 0.1) is 6.92 Å². The monoisotopic (exact) mass is 211 g/mol. The summed E-state index contributed by atoms with van der Waals surface area (Å²) in [5.41, 5.74) is 6.38. The number of H-pyrrole nitrogens is 1. The van der Waals surface area contributed by atoms with Crippen LogP contribution in [0.3, 0.4) is 0 Å². The fourth-order valence-electron chi connectivity index (χ4n) is 1.09. The Kier molecular flexibility index (Phi) is 2.16. The van der Waals surface area contributed by atoms with E-state index in [2.05, 4.69) is 20.3 Å². The Morgan fingerprint density at radius 2 is 2.29 bits per heavy atom. The molecule has 0 amide bonds. The Bertz CT molecular complexity index is 449. The molecule has 2 aromatic heterocycles. The highest BCUT2D eigenvalue weighted by Gasteiger charge is 2.17. The highest BCUT2D eigenvalue weighted by atomic mass is 32.2. The van der Waals surface area contributed by atoms with E-state index in [1.54, 1.807) is 6.92 Å². The first kappa shape index (κ1) is 9.07. The fraction of sp³-hybridized carbons (Fsp3) is 0.286. The molecule has 0 radical (unpaired) electrons. The van der Waals surface area contributed by atoms with E-state index in [1.165, 1.54) is 11.8 Å². The van der Waals surface area contributed by atoms with Gasteiger partial charge >= 0.3 is 0 Å². The number of nitrogens with zero attached hydrogens (tertiary/aromatic N) is 3. The zero-order valence-corrected chi connectivity index (χ0v) is 8.55. The lowest BCUT2D eigenvalue weighted by molar-refractivity contribution is 0.425. The molecular formula is C7H9N5OS. The molecule has 14 heavy (non-hydrogen) atoms. The first-order valence-electron chi connectivity index (χ1n) is 3.91. The van der Waals surface area contributed by atoms with Gasteiger partial charge in [0.25, 0.3) is 5.89 Å². The van der Waals surface area contributed by atoms with Crippen LogP contribution in [0.2, 0.25) is 0 Å². The summed E-state index contributed by atoms with van der Waals surface area (Å²) in [4.78, 5) is 4.09. The van der Waals surface area contributed by atoms with E-state index < -0.39 is 0 Å². The molecule has 3 N–H and O–H groups in total. The van der Waals surface area contributed by atoms with Gasteiger partial charge in [-0.05, 0) is 13.2 Å². The molecule has 0 aromatic carbocycles. The van der Waals surface area contributed by atoms with Crippen molar-refractivity contribution < 1.29 is 4.52 Å². The number of nitrogens with one attached hydrogen (secondary N) is 1. The van der Waals surface area contributed by atoms with Gasteiger partial charge < -0.3 is 10.3 Å². The number of anilines is 1. The number of aromatic amines is 1. The standard InChI is InChI=1S/C7H9N5OS/c1-3-9-6(13-12-3)4-5(8)10-11-7(4)14-2/h1-2H3,(H3,8,10,11). The fourth-order valence-corrected chi connectivity index (χ4v) is 1.63. The molecule has 0 unspecified atom stereocenters. The lowest BCUT2D eigenvalue weighted by Gasteiger charge is -1.92. The lowest BCUT2D eigenvalue weighted by atomic mass is 10.3. The van der Waals surface area contributed by atoms with Crippen molar-refractivity contribution in [1.82, 2.24) is 20.3 Å².